The number of ether oxygens (including phenoxy) is 1. The topological polar surface area (TPSA) is 73.9 Å². The molecule has 32 heavy (non-hydrogen) atoms. The monoisotopic (exact) mass is 471 g/mol. The molecule has 1 atom stereocenters. The van der Waals surface area contributed by atoms with Gasteiger partial charge in [0, 0.05) is 6.07 Å². The van der Waals surface area contributed by atoms with Crippen LogP contribution in [0.3, 0.4) is 0 Å². The Morgan fingerprint density at radius 1 is 1.03 bits per heavy atom. The van der Waals surface area contributed by atoms with Crippen LogP contribution in [0.4, 0.5) is 18.9 Å². The maximum absolute atomic E-state index is 15.6. The van der Waals surface area contributed by atoms with Gasteiger partial charge in [0.05, 0.1) is 28.6 Å². The number of hydrogen-bond acceptors (Lipinski definition) is 5. The van der Waals surface area contributed by atoms with Crippen molar-refractivity contribution in [3.63, 3.8) is 0 Å². The Kier molecular flexibility index (Phi) is 6.31. The summed E-state index contributed by atoms with van der Waals surface area (Å²) in [6.45, 7) is 8.49. The van der Waals surface area contributed by atoms with Crippen LogP contribution in [0.1, 0.15) is 46.3 Å². The van der Waals surface area contributed by atoms with Crippen molar-refractivity contribution in [1.82, 2.24) is 0 Å². The zero-order valence-corrected chi connectivity index (χ0v) is 19.4. The van der Waals surface area contributed by atoms with E-state index in [-0.39, 0.29) is 0 Å². The summed E-state index contributed by atoms with van der Waals surface area (Å²) in [6.07, 6.45) is 0.0276. The lowest BCUT2D eigenvalue weighted by molar-refractivity contribution is 0.00578. The molecule has 0 radical (unpaired) electrons. The first-order valence-corrected chi connectivity index (χ1v) is 11.8. The van der Waals surface area contributed by atoms with Crippen molar-refractivity contribution in [3.05, 3.63) is 53.3 Å². The van der Waals surface area contributed by atoms with E-state index in [1.807, 2.05) is 0 Å². The van der Waals surface area contributed by atoms with Crippen LogP contribution in [0.15, 0.2) is 30.3 Å². The summed E-state index contributed by atoms with van der Waals surface area (Å²) in [4.78, 5) is 0. The van der Waals surface area contributed by atoms with Gasteiger partial charge in [-0.3, -0.25) is 4.72 Å². The quantitative estimate of drug-likeness (QED) is 0.647. The van der Waals surface area contributed by atoms with Crippen LogP contribution in [0, 0.1) is 17.5 Å². The maximum Gasteiger partial charge on any atom is 0.501 e. The first-order chi connectivity index (χ1) is 14.6. The Morgan fingerprint density at radius 2 is 1.56 bits per heavy atom. The van der Waals surface area contributed by atoms with Gasteiger partial charge in [-0.1, -0.05) is 12.1 Å². The van der Waals surface area contributed by atoms with Gasteiger partial charge >= 0.3 is 7.12 Å². The highest BCUT2D eigenvalue weighted by Crippen LogP contribution is 2.39. The molecule has 174 valence electrons. The minimum Gasteiger partial charge on any atom is -0.481 e. The number of anilines is 1. The van der Waals surface area contributed by atoms with Gasteiger partial charge in [0.15, 0.2) is 11.6 Å². The molecule has 1 heterocycles. The minimum atomic E-state index is -3.88. The smallest absolute Gasteiger partial charge is 0.481 e. The molecule has 0 aliphatic carbocycles. The van der Waals surface area contributed by atoms with Crippen molar-refractivity contribution >= 4 is 28.3 Å². The third-order valence-electron chi connectivity index (χ3n) is 5.63. The van der Waals surface area contributed by atoms with E-state index in [1.54, 1.807) is 34.6 Å². The standard InChI is InChI=1S/C21H25BF3NO5S/c1-12(13-7-9-14(23)10-8-13)29-19-16(26-32(6,27)28)11-15(24)17(18(19)25)22-30-20(2,3)21(4,5)31-22/h7-12,26H,1-6H3/t12-/m0/s1. The predicted molar refractivity (Wildman–Crippen MR) is 116 cm³/mol. The third kappa shape index (κ3) is 4.89. The van der Waals surface area contributed by atoms with Gasteiger partial charge in [-0.05, 0) is 52.3 Å². The van der Waals surface area contributed by atoms with E-state index in [9.17, 15) is 17.2 Å². The van der Waals surface area contributed by atoms with E-state index in [1.165, 1.54) is 24.3 Å². The summed E-state index contributed by atoms with van der Waals surface area (Å²) >= 11 is 0. The van der Waals surface area contributed by atoms with Gasteiger partial charge in [-0.15, -0.1) is 0 Å². The Balaban J connectivity index is 2.08. The Labute approximate surface area is 186 Å². The fourth-order valence-corrected chi connectivity index (χ4v) is 3.71. The van der Waals surface area contributed by atoms with Crippen molar-refractivity contribution in [3.8, 4) is 5.75 Å². The Hall–Kier alpha value is -2.24. The summed E-state index contributed by atoms with van der Waals surface area (Å²) < 4.78 is 86.8. The van der Waals surface area contributed by atoms with Crippen molar-refractivity contribution in [2.24, 2.45) is 0 Å². The van der Waals surface area contributed by atoms with Crippen LogP contribution in [0.5, 0.6) is 5.75 Å². The predicted octanol–water partition coefficient (Wildman–Crippen LogP) is 3.91. The molecular weight excluding hydrogens is 446 g/mol. The minimum absolute atomic E-state index is 0.420. The lowest BCUT2D eigenvalue weighted by Crippen LogP contribution is -2.41. The van der Waals surface area contributed by atoms with Gasteiger partial charge in [-0.25, -0.2) is 21.6 Å². The fourth-order valence-electron chi connectivity index (χ4n) is 3.16. The van der Waals surface area contributed by atoms with E-state index >= 15 is 4.39 Å². The highest BCUT2D eigenvalue weighted by Gasteiger charge is 2.53. The summed E-state index contributed by atoms with van der Waals surface area (Å²) in [5.41, 5.74) is -2.18. The van der Waals surface area contributed by atoms with Crippen molar-refractivity contribution in [1.29, 1.82) is 0 Å². The van der Waals surface area contributed by atoms with Crippen molar-refractivity contribution in [2.45, 2.75) is 51.9 Å². The lowest BCUT2D eigenvalue weighted by Gasteiger charge is -2.32. The zero-order valence-electron chi connectivity index (χ0n) is 18.6. The molecule has 0 aromatic heterocycles. The summed E-state index contributed by atoms with van der Waals surface area (Å²) in [5, 5.41) is 0. The highest BCUT2D eigenvalue weighted by molar-refractivity contribution is 7.92. The number of sulfonamides is 1. The van der Waals surface area contributed by atoms with Crippen molar-refractivity contribution in [2.75, 3.05) is 11.0 Å². The largest absolute Gasteiger partial charge is 0.501 e. The van der Waals surface area contributed by atoms with Gasteiger partial charge < -0.3 is 14.0 Å². The summed E-state index contributed by atoms with van der Waals surface area (Å²) in [5.74, 6) is -3.22. The van der Waals surface area contributed by atoms with E-state index in [4.69, 9.17) is 14.0 Å². The number of nitrogens with one attached hydrogen (secondary N) is 1. The van der Waals surface area contributed by atoms with E-state index < -0.39 is 68.8 Å². The van der Waals surface area contributed by atoms with Gasteiger partial charge in [0.25, 0.3) is 0 Å². The molecule has 1 aliphatic rings. The van der Waals surface area contributed by atoms with E-state index in [0.717, 1.165) is 12.3 Å². The fraction of sp³-hybridized carbons (Fsp3) is 0.429. The molecule has 2 aromatic rings. The first-order valence-electron chi connectivity index (χ1n) is 9.89. The molecule has 0 amide bonds. The molecule has 0 spiro atoms. The van der Waals surface area contributed by atoms with Crippen LogP contribution in [-0.4, -0.2) is 33.0 Å². The second-order valence-corrected chi connectivity index (χ2v) is 10.5. The molecule has 3 rings (SSSR count). The van der Waals surface area contributed by atoms with Crippen LogP contribution in [-0.2, 0) is 19.3 Å². The van der Waals surface area contributed by atoms with Gasteiger partial charge in [-0.2, -0.15) is 0 Å². The molecule has 6 nitrogen and oxygen atoms in total. The van der Waals surface area contributed by atoms with Crippen LogP contribution >= 0.6 is 0 Å². The average Bonchev–Trinajstić information content (AvgIpc) is 2.84. The Morgan fingerprint density at radius 3 is 2.06 bits per heavy atom. The number of hydrogen-bond donors (Lipinski definition) is 1. The number of halogens is 3. The average molecular weight is 471 g/mol. The summed E-state index contributed by atoms with van der Waals surface area (Å²) in [7, 11) is -5.26. The molecule has 0 bridgehead atoms. The van der Waals surface area contributed by atoms with Crippen molar-refractivity contribution < 1.29 is 35.6 Å². The van der Waals surface area contributed by atoms with Gasteiger partial charge in [0.1, 0.15) is 17.7 Å². The van der Waals surface area contributed by atoms with E-state index in [0.29, 0.717) is 5.56 Å². The molecule has 1 saturated heterocycles. The molecule has 11 heteroatoms. The SMILES string of the molecule is C[C@H](Oc1c(NS(C)(=O)=O)cc(F)c(B2OC(C)(C)C(C)(C)O2)c1F)c1ccc(F)cc1. The molecule has 0 saturated carbocycles. The number of rotatable bonds is 6. The van der Waals surface area contributed by atoms with Crippen LogP contribution in [0.2, 0.25) is 0 Å². The Bertz CT molecular complexity index is 1110. The zero-order chi connectivity index (χ0) is 24.1. The molecule has 1 N–H and O–H groups in total. The maximum atomic E-state index is 15.6. The molecule has 1 aliphatic heterocycles. The van der Waals surface area contributed by atoms with Crippen LogP contribution < -0.4 is 14.9 Å². The first kappa shape index (κ1) is 24.4. The molecular formula is C21H25BF3NO5S. The van der Waals surface area contributed by atoms with Crippen LogP contribution in [0.25, 0.3) is 0 Å². The molecule has 2 aromatic carbocycles. The second-order valence-electron chi connectivity index (χ2n) is 8.74. The lowest BCUT2D eigenvalue weighted by atomic mass is 9.77. The third-order valence-corrected chi connectivity index (χ3v) is 6.22. The number of benzene rings is 2. The molecule has 0 unspecified atom stereocenters. The molecule has 1 fully saturated rings. The second kappa shape index (κ2) is 8.28. The summed E-state index contributed by atoms with van der Waals surface area (Å²) in [6, 6.07) is 6.13. The van der Waals surface area contributed by atoms with Gasteiger partial charge in [0.2, 0.25) is 10.0 Å². The highest BCUT2D eigenvalue weighted by atomic mass is 32.2. The normalized spacial score (nSPS) is 18.5. The van der Waals surface area contributed by atoms with E-state index in [2.05, 4.69) is 4.72 Å².